The number of carbonyl (C=O) groups excluding carboxylic acids is 2. The Morgan fingerprint density at radius 3 is 2.77 bits per heavy atom. The number of benzene rings is 1. The van der Waals surface area contributed by atoms with Gasteiger partial charge in [0.1, 0.15) is 19.3 Å². The van der Waals surface area contributed by atoms with Gasteiger partial charge >= 0.3 is 6.03 Å². The van der Waals surface area contributed by atoms with Crippen LogP contribution in [0.4, 0.5) is 10.5 Å². The molecule has 1 aromatic rings. The summed E-state index contributed by atoms with van der Waals surface area (Å²) >= 11 is 0. The van der Waals surface area contributed by atoms with Crippen molar-refractivity contribution in [3.63, 3.8) is 0 Å². The maximum atomic E-state index is 12.7. The SMILES string of the molecule is O=C(NCC1CNC1)[C@@H]1CCCN1C(=O)Nc1ccc2c(c1)OCCO2. The number of rotatable bonds is 4. The first kappa shape index (κ1) is 17.0. The largest absolute Gasteiger partial charge is 0.486 e. The minimum atomic E-state index is -0.403. The van der Waals surface area contributed by atoms with Crippen molar-refractivity contribution >= 4 is 17.6 Å². The molecule has 3 heterocycles. The lowest BCUT2D eigenvalue weighted by Gasteiger charge is -2.29. The number of amides is 3. The van der Waals surface area contributed by atoms with Crippen molar-refractivity contribution in [3.8, 4) is 11.5 Å². The van der Waals surface area contributed by atoms with E-state index in [9.17, 15) is 9.59 Å². The molecule has 0 saturated carbocycles. The van der Waals surface area contributed by atoms with E-state index in [1.807, 2.05) is 0 Å². The topological polar surface area (TPSA) is 91.9 Å². The minimum Gasteiger partial charge on any atom is -0.486 e. The zero-order chi connectivity index (χ0) is 17.9. The molecule has 2 saturated heterocycles. The van der Waals surface area contributed by atoms with Gasteiger partial charge in [-0.1, -0.05) is 0 Å². The molecule has 0 spiro atoms. The highest BCUT2D eigenvalue weighted by Gasteiger charge is 2.34. The lowest BCUT2D eigenvalue weighted by Crippen LogP contribution is -2.52. The normalized spacial score (nSPS) is 21.8. The van der Waals surface area contributed by atoms with E-state index >= 15 is 0 Å². The van der Waals surface area contributed by atoms with E-state index < -0.39 is 6.04 Å². The maximum Gasteiger partial charge on any atom is 0.322 e. The average molecular weight is 360 g/mol. The first-order valence-corrected chi connectivity index (χ1v) is 9.16. The highest BCUT2D eigenvalue weighted by molar-refractivity contribution is 5.94. The van der Waals surface area contributed by atoms with Gasteiger partial charge in [0.2, 0.25) is 5.91 Å². The summed E-state index contributed by atoms with van der Waals surface area (Å²) in [6, 6.07) is 4.65. The molecule has 0 aromatic heterocycles. The van der Waals surface area contributed by atoms with Gasteiger partial charge in [0, 0.05) is 43.9 Å². The third-order valence-electron chi connectivity index (χ3n) is 5.04. The monoisotopic (exact) mass is 360 g/mol. The Labute approximate surface area is 152 Å². The maximum absolute atomic E-state index is 12.7. The van der Waals surface area contributed by atoms with Crippen molar-refractivity contribution < 1.29 is 19.1 Å². The second kappa shape index (κ2) is 7.41. The lowest BCUT2D eigenvalue weighted by molar-refractivity contribution is -0.124. The molecule has 0 bridgehead atoms. The van der Waals surface area contributed by atoms with E-state index in [2.05, 4.69) is 16.0 Å². The van der Waals surface area contributed by atoms with Gasteiger partial charge in [0.05, 0.1) is 0 Å². The number of urea groups is 1. The Kier molecular flexibility index (Phi) is 4.83. The molecule has 2 fully saturated rings. The Morgan fingerprint density at radius 1 is 1.19 bits per heavy atom. The van der Waals surface area contributed by atoms with Crippen LogP contribution in [-0.4, -0.2) is 62.3 Å². The fourth-order valence-electron chi connectivity index (χ4n) is 3.45. The van der Waals surface area contributed by atoms with E-state index in [1.54, 1.807) is 23.1 Å². The van der Waals surface area contributed by atoms with E-state index in [1.165, 1.54) is 0 Å². The molecule has 3 amide bonds. The molecule has 3 aliphatic rings. The number of carbonyl (C=O) groups is 2. The van der Waals surface area contributed by atoms with Gasteiger partial charge in [-0.15, -0.1) is 0 Å². The molecular formula is C18H24N4O4. The zero-order valence-electron chi connectivity index (χ0n) is 14.6. The average Bonchev–Trinajstić information content (AvgIpc) is 3.10. The highest BCUT2D eigenvalue weighted by atomic mass is 16.6. The Hall–Kier alpha value is -2.48. The molecule has 3 aliphatic heterocycles. The number of fused-ring (bicyclic) bond motifs is 1. The highest BCUT2D eigenvalue weighted by Crippen LogP contribution is 2.32. The zero-order valence-corrected chi connectivity index (χ0v) is 14.6. The molecule has 8 heteroatoms. The summed E-state index contributed by atoms with van der Waals surface area (Å²) < 4.78 is 11.0. The summed E-state index contributed by atoms with van der Waals surface area (Å²) in [5.74, 6) is 1.74. The minimum absolute atomic E-state index is 0.0632. The molecule has 4 rings (SSSR count). The summed E-state index contributed by atoms with van der Waals surface area (Å²) in [6.45, 7) is 4.16. The van der Waals surface area contributed by atoms with Gasteiger partial charge in [-0.3, -0.25) is 4.79 Å². The molecule has 140 valence electrons. The predicted octanol–water partition coefficient (Wildman–Crippen LogP) is 0.790. The third-order valence-corrected chi connectivity index (χ3v) is 5.04. The van der Waals surface area contributed by atoms with E-state index in [-0.39, 0.29) is 11.9 Å². The Bertz CT molecular complexity index is 692. The van der Waals surface area contributed by atoms with Crippen LogP contribution in [0.1, 0.15) is 12.8 Å². The van der Waals surface area contributed by atoms with Crippen molar-refractivity contribution in [2.75, 3.05) is 44.7 Å². The van der Waals surface area contributed by atoms with Gasteiger partial charge in [0.25, 0.3) is 0 Å². The van der Waals surface area contributed by atoms with Crippen LogP contribution in [0.25, 0.3) is 0 Å². The fourth-order valence-corrected chi connectivity index (χ4v) is 3.45. The third kappa shape index (κ3) is 3.55. The van der Waals surface area contributed by atoms with Crippen LogP contribution in [0.2, 0.25) is 0 Å². The number of likely N-dealkylation sites (tertiary alicyclic amines) is 1. The molecule has 0 aliphatic carbocycles. The van der Waals surface area contributed by atoms with Gasteiger partial charge in [-0.25, -0.2) is 4.79 Å². The quantitative estimate of drug-likeness (QED) is 0.738. The van der Waals surface area contributed by atoms with E-state index in [0.29, 0.717) is 55.8 Å². The fraction of sp³-hybridized carbons (Fsp3) is 0.556. The number of anilines is 1. The Morgan fingerprint density at radius 2 is 2.00 bits per heavy atom. The van der Waals surface area contributed by atoms with Crippen molar-refractivity contribution in [1.29, 1.82) is 0 Å². The van der Waals surface area contributed by atoms with Gasteiger partial charge in [-0.2, -0.15) is 0 Å². The van der Waals surface area contributed by atoms with Crippen LogP contribution < -0.4 is 25.4 Å². The van der Waals surface area contributed by atoms with Gasteiger partial charge in [0.15, 0.2) is 11.5 Å². The van der Waals surface area contributed by atoms with Crippen molar-refractivity contribution in [1.82, 2.24) is 15.5 Å². The number of hydrogen-bond donors (Lipinski definition) is 3. The van der Waals surface area contributed by atoms with Crippen LogP contribution in [0.15, 0.2) is 18.2 Å². The van der Waals surface area contributed by atoms with Crippen LogP contribution in [-0.2, 0) is 4.79 Å². The van der Waals surface area contributed by atoms with Crippen LogP contribution in [0.3, 0.4) is 0 Å². The summed E-state index contributed by atoms with van der Waals surface area (Å²) in [5.41, 5.74) is 0.630. The summed E-state index contributed by atoms with van der Waals surface area (Å²) in [6.07, 6.45) is 1.53. The first-order chi connectivity index (χ1) is 12.7. The van der Waals surface area contributed by atoms with E-state index in [0.717, 1.165) is 19.5 Å². The van der Waals surface area contributed by atoms with Gasteiger partial charge in [-0.05, 0) is 25.0 Å². The summed E-state index contributed by atoms with van der Waals surface area (Å²) in [5, 5.41) is 9.03. The van der Waals surface area contributed by atoms with E-state index in [4.69, 9.17) is 9.47 Å². The van der Waals surface area contributed by atoms with Crippen molar-refractivity contribution in [2.24, 2.45) is 5.92 Å². The summed E-state index contributed by atoms with van der Waals surface area (Å²) in [7, 11) is 0. The molecule has 1 aromatic carbocycles. The lowest BCUT2D eigenvalue weighted by atomic mass is 10.0. The molecule has 0 radical (unpaired) electrons. The summed E-state index contributed by atoms with van der Waals surface area (Å²) in [4.78, 5) is 26.7. The molecular weight excluding hydrogens is 336 g/mol. The Balaban J connectivity index is 1.36. The number of nitrogens with zero attached hydrogens (tertiary/aromatic N) is 1. The van der Waals surface area contributed by atoms with Crippen LogP contribution in [0.5, 0.6) is 11.5 Å². The van der Waals surface area contributed by atoms with Crippen LogP contribution >= 0.6 is 0 Å². The number of nitrogens with one attached hydrogen (secondary N) is 3. The second-order valence-corrected chi connectivity index (χ2v) is 6.91. The molecule has 26 heavy (non-hydrogen) atoms. The van der Waals surface area contributed by atoms with Crippen molar-refractivity contribution in [2.45, 2.75) is 18.9 Å². The molecule has 8 nitrogen and oxygen atoms in total. The second-order valence-electron chi connectivity index (χ2n) is 6.91. The van der Waals surface area contributed by atoms with Gasteiger partial charge < -0.3 is 30.3 Å². The smallest absolute Gasteiger partial charge is 0.322 e. The molecule has 1 atom stereocenters. The van der Waals surface area contributed by atoms with Crippen molar-refractivity contribution in [3.05, 3.63) is 18.2 Å². The first-order valence-electron chi connectivity index (χ1n) is 9.16. The predicted molar refractivity (Wildman–Crippen MR) is 95.5 cm³/mol. The molecule has 3 N–H and O–H groups in total. The van der Waals surface area contributed by atoms with Crippen LogP contribution in [0, 0.1) is 5.92 Å². The standard InChI is InChI=1S/C18H24N4O4/c23-17(20-11-12-9-19-10-12)14-2-1-5-22(14)18(24)21-13-3-4-15-16(8-13)26-7-6-25-15/h3-4,8,12,14,19H,1-2,5-7,9-11H2,(H,20,23)(H,21,24)/t14-/m0/s1. The number of ether oxygens (including phenoxy) is 2. The molecule has 0 unspecified atom stereocenters. The number of hydrogen-bond acceptors (Lipinski definition) is 5.